The zero-order valence-electron chi connectivity index (χ0n) is 35.7. The van der Waals surface area contributed by atoms with Crippen LogP contribution >= 0.6 is 0 Å². The summed E-state index contributed by atoms with van der Waals surface area (Å²) in [5, 5.41) is 21.6. The Morgan fingerprint density at radius 2 is 1.10 bits per heavy atom. The van der Waals surface area contributed by atoms with Crippen molar-refractivity contribution in [3.63, 3.8) is 0 Å². The van der Waals surface area contributed by atoms with Crippen LogP contribution in [0.2, 0.25) is 72.5 Å². The summed E-state index contributed by atoms with van der Waals surface area (Å²) in [5.41, 5.74) is 0.155. The lowest BCUT2D eigenvalue weighted by atomic mass is 9.99. The SMILES string of the molecule is CC(C)(C)[Si](C)(C)OCC1O[C@@H](Oc2ccc(CO)cc2[N+](=O)[O-])[C@H](O[Si](C)(C)C(C)(C)C)C(O[Si](C)(C)C(C)(C)C)[C@H]1O[Si](C)(C)C(C)(C)C. The maximum Gasteiger partial charge on any atom is 0.311 e. The quantitative estimate of drug-likeness (QED) is 0.118. The number of nitrogens with zero attached hydrogens (tertiary/aromatic N) is 1. The summed E-state index contributed by atoms with van der Waals surface area (Å²) in [7, 11) is -9.76. The molecule has 0 saturated carbocycles. The maximum absolute atomic E-state index is 12.3. The van der Waals surface area contributed by atoms with Crippen molar-refractivity contribution in [1.29, 1.82) is 0 Å². The number of benzene rings is 1. The number of nitro benzene ring substituents is 1. The van der Waals surface area contributed by atoms with E-state index in [1.807, 2.05) is 0 Å². The van der Waals surface area contributed by atoms with E-state index in [2.05, 4.69) is 135 Å². The van der Waals surface area contributed by atoms with Crippen molar-refractivity contribution < 1.29 is 37.2 Å². The van der Waals surface area contributed by atoms with E-state index in [9.17, 15) is 15.2 Å². The fourth-order valence-corrected chi connectivity index (χ4v) is 9.51. The topological polar surface area (TPSA) is 119 Å². The predicted molar refractivity (Wildman–Crippen MR) is 218 cm³/mol. The largest absolute Gasteiger partial charge is 0.455 e. The summed E-state index contributed by atoms with van der Waals surface area (Å²) in [6, 6.07) is 4.49. The first-order chi connectivity index (χ1) is 22.6. The van der Waals surface area contributed by atoms with E-state index in [0.717, 1.165) is 0 Å². The zero-order chi connectivity index (χ0) is 40.0. The van der Waals surface area contributed by atoms with E-state index in [1.165, 1.54) is 12.1 Å². The molecule has 296 valence electrons. The fraction of sp³-hybridized carbons (Fsp3) is 0.838. The molecule has 0 aliphatic carbocycles. The van der Waals surface area contributed by atoms with Gasteiger partial charge < -0.3 is 32.3 Å². The molecule has 0 amide bonds. The van der Waals surface area contributed by atoms with Gasteiger partial charge in [0.1, 0.15) is 24.4 Å². The lowest BCUT2D eigenvalue weighted by Crippen LogP contribution is -2.69. The summed E-state index contributed by atoms with van der Waals surface area (Å²) >= 11 is 0. The van der Waals surface area contributed by atoms with Crippen molar-refractivity contribution in [1.82, 2.24) is 0 Å². The Kier molecular flexibility index (Phi) is 14.2. The highest BCUT2D eigenvalue weighted by Crippen LogP contribution is 2.47. The minimum atomic E-state index is -2.54. The number of rotatable bonds is 13. The molecule has 5 atom stereocenters. The Hall–Kier alpha value is -0.952. The molecule has 1 aromatic rings. The van der Waals surface area contributed by atoms with Gasteiger partial charge >= 0.3 is 5.69 Å². The number of ether oxygens (including phenoxy) is 2. The molecule has 1 saturated heterocycles. The van der Waals surface area contributed by atoms with Gasteiger partial charge in [-0.15, -0.1) is 0 Å². The number of hydrogen-bond donors (Lipinski definition) is 1. The van der Waals surface area contributed by atoms with Crippen LogP contribution in [0.1, 0.15) is 88.6 Å². The first kappa shape index (κ1) is 46.2. The molecule has 1 aromatic carbocycles. The molecule has 10 nitrogen and oxygen atoms in total. The van der Waals surface area contributed by atoms with Gasteiger partial charge in [0, 0.05) is 6.07 Å². The molecule has 1 aliphatic heterocycles. The number of aliphatic hydroxyl groups is 1. The molecular formula is C37H73NO9Si4. The Balaban J connectivity index is 2.97. The van der Waals surface area contributed by atoms with Crippen LogP contribution in [0.5, 0.6) is 5.75 Å². The van der Waals surface area contributed by atoms with Crippen LogP contribution in [0.3, 0.4) is 0 Å². The average Bonchev–Trinajstić information content (AvgIpc) is 2.92. The molecule has 0 bridgehead atoms. The summed E-state index contributed by atoms with van der Waals surface area (Å²) < 4.78 is 42.6. The van der Waals surface area contributed by atoms with E-state index in [4.69, 9.17) is 27.2 Å². The third kappa shape index (κ3) is 11.1. The second-order valence-corrected chi connectivity index (χ2v) is 39.6. The molecule has 14 heteroatoms. The molecule has 2 unspecified atom stereocenters. The third-order valence-corrected chi connectivity index (χ3v) is 30.3. The van der Waals surface area contributed by atoms with Gasteiger partial charge in [0.25, 0.3) is 0 Å². The van der Waals surface area contributed by atoms with Crippen LogP contribution in [-0.4, -0.2) is 80.6 Å². The fourth-order valence-electron chi connectivity index (χ4n) is 4.60. The lowest BCUT2D eigenvalue weighted by Gasteiger charge is -2.54. The van der Waals surface area contributed by atoms with Crippen LogP contribution < -0.4 is 4.74 Å². The molecule has 1 aliphatic rings. The van der Waals surface area contributed by atoms with Gasteiger partial charge in [-0.25, -0.2) is 0 Å². The van der Waals surface area contributed by atoms with Crippen molar-refractivity contribution in [2.75, 3.05) is 6.61 Å². The average molecular weight is 788 g/mol. The van der Waals surface area contributed by atoms with Gasteiger partial charge in [0.15, 0.2) is 39.0 Å². The van der Waals surface area contributed by atoms with Crippen LogP contribution in [0, 0.1) is 10.1 Å². The summed E-state index contributed by atoms with van der Waals surface area (Å²) in [6.07, 6.45) is -3.68. The molecule has 51 heavy (non-hydrogen) atoms. The number of nitro groups is 1. The molecule has 2 rings (SSSR count). The molecular weight excluding hydrogens is 715 g/mol. The number of hydrogen-bond acceptors (Lipinski definition) is 9. The van der Waals surface area contributed by atoms with E-state index < -0.39 is 68.9 Å². The second-order valence-electron chi connectivity index (χ2n) is 20.5. The molecule has 0 aromatic heterocycles. The van der Waals surface area contributed by atoms with Crippen molar-refractivity contribution in [2.24, 2.45) is 0 Å². The monoisotopic (exact) mass is 787 g/mol. The second kappa shape index (κ2) is 15.7. The molecule has 0 radical (unpaired) electrons. The van der Waals surface area contributed by atoms with Crippen molar-refractivity contribution in [2.45, 2.75) is 193 Å². The standard InChI is InChI=1S/C37H73NO9Si4/c1-34(2,3)48(13,14)42-25-29-30(45-49(15,16)35(4,5)6)31(46-50(17,18)36(7,8)9)32(47-51(19,20)37(10,11)12)33(44-29)43-28-22-21-26(24-39)23-27(28)38(40)41/h21-23,29-33,39H,24-25H2,1-20H3/t29?,30-,31?,32+,33+/m0/s1. The normalized spacial score (nSPS) is 23.4. The lowest BCUT2D eigenvalue weighted by molar-refractivity contribution is -0.387. The maximum atomic E-state index is 12.3. The highest BCUT2D eigenvalue weighted by atomic mass is 28.4. The Morgan fingerprint density at radius 1 is 0.686 bits per heavy atom. The van der Waals surface area contributed by atoms with Crippen LogP contribution in [0.4, 0.5) is 5.69 Å². The van der Waals surface area contributed by atoms with E-state index in [1.54, 1.807) is 6.07 Å². The smallest absolute Gasteiger partial charge is 0.311 e. The summed E-state index contributed by atoms with van der Waals surface area (Å²) in [6.45, 7) is 44.1. The highest BCUT2D eigenvalue weighted by Gasteiger charge is 2.57. The minimum Gasteiger partial charge on any atom is -0.455 e. The van der Waals surface area contributed by atoms with E-state index >= 15 is 0 Å². The number of aliphatic hydroxyl groups excluding tert-OH is 1. The van der Waals surface area contributed by atoms with Crippen molar-refractivity contribution >= 4 is 39.0 Å². The van der Waals surface area contributed by atoms with Gasteiger partial charge in [-0.3, -0.25) is 10.1 Å². The van der Waals surface area contributed by atoms with Crippen molar-refractivity contribution in [3.8, 4) is 5.75 Å². The van der Waals surface area contributed by atoms with Gasteiger partial charge in [0.05, 0.1) is 18.1 Å². The van der Waals surface area contributed by atoms with Gasteiger partial charge in [-0.1, -0.05) is 89.2 Å². The Bertz CT molecular complexity index is 1340. The highest BCUT2D eigenvalue weighted by molar-refractivity contribution is 6.75. The van der Waals surface area contributed by atoms with Crippen LogP contribution in [-0.2, 0) is 29.0 Å². The molecule has 1 fully saturated rings. The molecule has 1 heterocycles. The first-order valence-electron chi connectivity index (χ1n) is 18.5. The minimum absolute atomic E-state index is 0.0323. The third-order valence-electron chi connectivity index (χ3n) is 12.4. The van der Waals surface area contributed by atoms with E-state index in [-0.39, 0.29) is 44.8 Å². The van der Waals surface area contributed by atoms with Crippen LogP contribution in [0.25, 0.3) is 0 Å². The zero-order valence-corrected chi connectivity index (χ0v) is 39.7. The summed E-state index contributed by atoms with van der Waals surface area (Å²) in [5.74, 6) is 0.0323. The van der Waals surface area contributed by atoms with Gasteiger partial charge in [-0.05, 0) is 84.2 Å². The molecule has 1 N–H and O–H groups in total. The first-order valence-corrected chi connectivity index (χ1v) is 30.1. The molecule has 0 spiro atoms. The predicted octanol–water partition coefficient (Wildman–Crippen LogP) is 10.4. The Morgan fingerprint density at radius 3 is 1.49 bits per heavy atom. The van der Waals surface area contributed by atoms with Gasteiger partial charge in [-0.2, -0.15) is 0 Å². The van der Waals surface area contributed by atoms with Crippen LogP contribution in [0.15, 0.2) is 18.2 Å². The summed E-state index contributed by atoms with van der Waals surface area (Å²) in [4.78, 5) is 11.8. The Labute approximate surface area is 314 Å². The van der Waals surface area contributed by atoms with E-state index in [0.29, 0.717) is 5.56 Å². The van der Waals surface area contributed by atoms with Crippen molar-refractivity contribution in [3.05, 3.63) is 33.9 Å². The van der Waals surface area contributed by atoms with Gasteiger partial charge in [0.2, 0.25) is 6.29 Å².